The molecule has 3 N–H and O–H groups in total. The number of nitrogens with zero attached hydrogens (tertiary/aromatic N) is 2. The van der Waals surface area contributed by atoms with Gasteiger partial charge in [-0.1, -0.05) is 38.1 Å². The van der Waals surface area contributed by atoms with Crippen LogP contribution in [0.25, 0.3) is 21.7 Å². The first kappa shape index (κ1) is 26.1. The maximum atomic E-state index is 12.6. The monoisotopic (exact) mass is 536 g/mol. The van der Waals surface area contributed by atoms with Crippen LogP contribution in [-0.2, 0) is 14.8 Å². The van der Waals surface area contributed by atoms with Gasteiger partial charge in [0.05, 0.1) is 4.90 Å². The van der Waals surface area contributed by atoms with E-state index in [-0.39, 0.29) is 10.8 Å². The highest BCUT2D eigenvalue weighted by Crippen LogP contribution is 2.25. The van der Waals surface area contributed by atoms with Crippen molar-refractivity contribution in [3.05, 3.63) is 84.1 Å². The predicted molar refractivity (Wildman–Crippen MR) is 142 cm³/mol. The fraction of sp³-hybridized carbons (Fsp3) is 0.154. The number of hydrogen-bond donors (Lipinski definition) is 3. The highest BCUT2D eigenvalue weighted by Gasteiger charge is 2.28. The number of sulfonamides is 1. The van der Waals surface area contributed by atoms with Gasteiger partial charge in [-0.3, -0.25) is 14.6 Å². The average Bonchev–Trinajstić information content (AvgIpc) is 3.39. The van der Waals surface area contributed by atoms with Gasteiger partial charge in [0.25, 0.3) is 5.91 Å². The smallest absolute Gasteiger partial charge is 0.322 e. The number of carbonyl (C=O) groups is 2. The van der Waals surface area contributed by atoms with Crippen LogP contribution >= 0.6 is 11.3 Å². The number of rotatable bonds is 9. The SMILES string of the molecule is CC(C)[C@H](NS(=O)(=O)c1ccc(-c2ccc(NC(=O)c3csc(-c4ccncc4)n3)cc2)cc1)C(=O)O. The third-order valence-electron chi connectivity index (χ3n) is 5.52. The number of aromatic nitrogens is 2. The van der Waals surface area contributed by atoms with Crippen LogP contribution in [0.2, 0.25) is 0 Å². The first-order valence-electron chi connectivity index (χ1n) is 11.3. The lowest BCUT2D eigenvalue weighted by Crippen LogP contribution is -2.44. The minimum atomic E-state index is -4.00. The molecular formula is C26H24N4O5S2. The molecule has 0 aliphatic carbocycles. The molecule has 0 fully saturated rings. The quantitative estimate of drug-likeness (QED) is 0.286. The molecular weight excluding hydrogens is 512 g/mol. The Morgan fingerprint density at radius 3 is 2.05 bits per heavy atom. The van der Waals surface area contributed by atoms with Crippen LogP contribution in [-0.4, -0.2) is 41.4 Å². The van der Waals surface area contributed by atoms with E-state index in [9.17, 15) is 23.1 Å². The lowest BCUT2D eigenvalue weighted by Gasteiger charge is -2.18. The van der Waals surface area contributed by atoms with Gasteiger partial charge < -0.3 is 10.4 Å². The van der Waals surface area contributed by atoms with E-state index in [0.29, 0.717) is 11.4 Å². The van der Waals surface area contributed by atoms with Gasteiger partial charge in [0.1, 0.15) is 16.7 Å². The fourth-order valence-corrected chi connectivity index (χ4v) is 5.62. The molecule has 2 aromatic heterocycles. The molecule has 0 radical (unpaired) electrons. The third kappa shape index (κ3) is 6.26. The number of hydrogen-bond acceptors (Lipinski definition) is 7. The molecule has 0 spiro atoms. The summed E-state index contributed by atoms with van der Waals surface area (Å²) in [5, 5.41) is 14.5. The molecule has 0 bridgehead atoms. The molecule has 1 amide bonds. The van der Waals surface area contributed by atoms with E-state index in [4.69, 9.17) is 0 Å². The van der Waals surface area contributed by atoms with Crippen molar-refractivity contribution >= 4 is 38.9 Å². The summed E-state index contributed by atoms with van der Waals surface area (Å²) in [6.07, 6.45) is 3.34. The minimum absolute atomic E-state index is 0.0265. The standard InChI is InChI=1S/C26H24N4O5S2/c1-16(2)23(26(32)33)30-37(34,35)21-9-5-18(6-10-21)17-3-7-20(8-4-17)28-24(31)22-15-36-25(29-22)19-11-13-27-14-12-19/h3-16,23,30H,1-2H3,(H,28,31)(H,32,33)/t23-/m0/s1. The second-order valence-corrected chi connectivity index (χ2v) is 11.1. The lowest BCUT2D eigenvalue weighted by molar-refractivity contribution is -0.140. The summed E-state index contributed by atoms with van der Waals surface area (Å²) in [6.45, 7) is 3.26. The Morgan fingerprint density at radius 2 is 1.49 bits per heavy atom. The highest BCUT2D eigenvalue weighted by molar-refractivity contribution is 7.89. The van der Waals surface area contributed by atoms with Gasteiger partial charge in [-0.25, -0.2) is 13.4 Å². The Balaban J connectivity index is 1.42. The zero-order chi connectivity index (χ0) is 26.6. The van der Waals surface area contributed by atoms with Crippen LogP contribution in [0.1, 0.15) is 24.3 Å². The van der Waals surface area contributed by atoms with Crippen LogP contribution < -0.4 is 10.0 Å². The summed E-state index contributed by atoms with van der Waals surface area (Å²) in [5.41, 5.74) is 3.36. The Labute approximate surface area is 218 Å². The van der Waals surface area contributed by atoms with Crippen LogP contribution in [0.15, 0.2) is 83.3 Å². The van der Waals surface area contributed by atoms with Crippen molar-refractivity contribution in [1.82, 2.24) is 14.7 Å². The fourth-order valence-electron chi connectivity index (χ4n) is 3.48. The molecule has 4 rings (SSSR count). The van der Waals surface area contributed by atoms with E-state index >= 15 is 0 Å². The van der Waals surface area contributed by atoms with Gasteiger partial charge in [-0.15, -0.1) is 11.3 Å². The molecule has 9 nitrogen and oxygen atoms in total. The molecule has 4 aromatic rings. The van der Waals surface area contributed by atoms with E-state index < -0.39 is 28.0 Å². The number of carboxylic acid groups (broad SMARTS) is 1. The summed E-state index contributed by atoms with van der Waals surface area (Å²) >= 11 is 1.37. The van der Waals surface area contributed by atoms with Crippen molar-refractivity contribution in [2.45, 2.75) is 24.8 Å². The van der Waals surface area contributed by atoms with Crippen LogP contribution in [0, 0.1) is 5.92 Å². The van der Waals surface area contributed by atoms with Crippen molar-refractivity contribution in [3.8, 4) is 21.7 Å². The van der Waals surface area contributed by atoms with E-state index in [2.05, 4.69) is 20.0 Å². The van der Waals surface area contributed by atoms with Crippen LogP contribution in [0.3, 0.4) is 0 Å². The summed E-state index contributed by atoms with van der Waals surface area (Å²) in [7, 11) is -4.00. The zero-order valence-electron chi connectivity index (χ0n) is 20.0. The van der Waals surface area contributed by atoms with E-state index in [1.165, 1.54) is 23.5 Å². The van der Waals surface area contributed by atoms with E-state index in [1.807, 2.05) is 12.1 Å². The molecule has 0 saturated heterocycles. The number of carboxylic acids is 1. The molecule has 0 saturated carbocycles. The largest absolute Gasteiger partial charge is 0.480 e. The Bertz CT molecular complexity index is 1500. The van der Waals surface area contributed by atoms with Gasteiger partial charge >= 0.3 is 5.97 Å². The van der Waals surface area contributed by atoms with E-state index in [0.717, 1.165) is 21.7 Å². The van der Waals surface area contributed by atoms with Crippen molar-refractivity contribution in [2.24, 2.45) is 5.92 Å². The molecule has 2 aromatic carbocycles. The van der Waals surface area contributed by atoms with Crippen LogP contribution in [0.4, 0.5) is 5.69 Å². The molecule has 2 heterocycles. The van der Waals surface area contributed by atoms with Gasteiger partial charge in [0.2, 0.25) is 10.0 Å². The number of pyridine rings is 1. The zero-order valence-corrected chi connectivity index (χ0v) is 21.6. The van der Waals surface area contributed by atoms with Gasteiger partial charge in [0.15, 0.2) is 0 Å². The van der Waals surface area contributed by atoms with Crippen molar-refractivity contribution in [2.75, 3.05) is 5.32 Å². The number of amides is 1. The summed E-state index contributed by atoms with van der Waals surface area (Å²) in [5.74, 6) is -1.97. The van der Waals surface area contributed by atoms with Crippen LogP contribution in [0.5, 0.6) is 0 Å². The predicted octanol–water partition coefficient (Wildman–Crippen LogP) is 4.51. The maximum Gasteiger partial charge on any atom is 0.322 e. The molecule has 11 heteroatoms. The lowest BCUT2D eigenvalue weighted by atomic mass is 10.1. The third-order valence-corrected chi connectivity index (χ3v) is 7.87. The van der Waals surface area contributed by atoms with Crippen molar-refractivity contribution in [3.63, 3.8) is 0 Å². The molecule has 190 valence electrons. The molecule has 0 unspecified atom stereocenters. The molecule has 1 atom stereocenters. The van der Waals surface area contributed by atoms with Crippen molar-refractivity contribution < 1.29 is 23.1 Å². The van der Waals surface area contributed by atoms with Gasteiger partial charge in [-0.2, -0.15) is 4.72 Å². The highest BCUT2D eigenvalue weighted by atomic mass is 32.2. The number of thiazole rings is 1. The number of carbonyl (C=O) groups excluding carboxylic acids is 1. The summed E-state index contributed by atoms with van der Waals surface area (Å²) < 4.78 is 27.5. The maximum absolute atomic E-state index is 12.6. The minimum Gasteiger partial charge on any atom is -0.480 e. The molecule has 37 heavy (non-hydrogen) atoms. The first-order valence-corrected chi connectivity index (χ1v) is 13.6. The number of aliphatic carboxylic acids is 1. The molecule has 0 aliphatic rings. The van der Waals surface area contributed by atoms with Crippen molar-refractivity contribution in [1.29, 1.82) is 0 Å². The molecule has 0 aliphatic heterocycles. The topological polar surface area (TPSA) is 138 Å². The Kier molecular flexibility index (Phi) is 7.77. The summed E-state index contributed by atoms with van der Waals surface area (Å²) in [4.78, 5) is 32.3. The second-order valence-electron chi connectivity index (χ2n) is 8.51. The Morgan fingerprint density at radius 1 is 0.892 bits per heavy atom. The summed E-state index contributed by atoms with van der Waals surface area (Å²) in [6, 6.07) is 15.7. The van der Waals surface area contributed by atoms with Gasteiger partial charge in [-0.05, 0) is 53.4 Å². The second kappa shape index (κ2) is 11.0. The number of benzene rings is 2. The first-order chi connectivity index (χ1) is 17.6. The number of anilines is 1. The van der Waals surface area contributed by atoms with Gasteiger partial charge in [0, 0.05) is 29.0 Å². The van der Waals surface area contributed by atoms with E-state index in [1.54, 1.807) is 68.0 Å². The number of nitrogens with one attached hydrogen (secondary N) is 2. The Hall–Kier alpha value is -3.93. The average molecular weight is 537 g/mol. The normalized spacial score (nSPS) is 12.3.